The van der Waals surface area contributed by atoms with E-state index in [0.29, 0.717) is 42.8 Å². The van der Waals surface area contributed by atoms with E-state index in [9.17, 15) is 13.5 Å². The van der Waals surface area contributed by atoms with Crippen molar-refractivity contribution in [1.29, 1.82) is 0 Å². The van der Waals surface area contributed by atoms with Crippen LogP contribution in [0, 0.1) is 0 Å². The average molecular weight is 1050 g/mol. The lowest BCUT2D eigenvalue weighted by Crippen LogP contribution is -2.50. The Hall–Kier alpha value is -4.31. The van der Waals surface area contributed by atoms with E-state index in [-0.39, 0.29) is 18.1 Å². The lowest BCUT2D eigenvalue weighted by atomic mass is 9.91. The Morgan fingerprint density at radius 3 is 1.57 bits per heavy atom. The number of morpholine rings is 1. The van der Waals surface area contributed by atoms with Crippen LogP contribution in [0.3, 0.4) is 0 Å². The fourth-order valence-corrected chi connectivity index (χ4v) is 11.4. The third-order valence-corrected chi connectivity index (χ3v) is 16.4. The minimum atomic E-state index is -2.83. The van der Waals surface area contributed by atoms with Crippen molar-refractivity contribution < 1.29 is 18.3 Å². The molecule has 3 fully saturated rings. The number of nitrogens with zero attached hydrogens (tertiary/aromatic N) is 4. The normalized spacial score (nSPS) is 17.8. The van der Waals surface area contributed by atoms with Gasteiger partial charge in [0.05, 0.1) is 31.3 Å². The van der Waals surface area contributed by atoms with E-state index in [2.05, 4.69) is 196 Å². The highest BCUT2D eigenvalue weighted by molar-refractivity contribution is 7.91. The summed E-state index contributed by atoms with van der Waals surface area (Å²) < 4.78 is 28.5. The van der Waals surface area contributed by atoms with E-state index < -0.39 is 9.84 Å². The second-order valence-corrected chi connectivity index (χ2v) is 24.6. The number of sulfone groups is 1. The van der Waals surface area contributed by atoms with Gasteiger partial charge in [0.1, 0.15) is 0 Å². The molecule has 12 nitrogen and oxygen atoms in total. The largest absolute Gasteiger partial charge is 0.392 e. The van der Waals surface area contributed by atoms with Crippen LogP contribution in [0.5, 0.6) is 0 Å². The van der Waals surface area contributed by atoms with Gasteiger partial charge in [-0.15, -0.1) is 0 Å². The molecule has 0 radical (unpaired) electrons. The number of nitrogens with one attached hydrogen (secondary N) is 4. The molecular formula is C62H98N8O4S. The lowest BCUT2D eigenvalue weighted by Gasteiger charge is -2.37. The third-order valence-electron chi connectivity index (χ3n) is 14.8. The summed E-state index contributed by atoms with van der Waals surface area (Å²) in [6.45, 7) is 32.8. The molecule has 0 amide bonds. The van der Waals surface area contributed by atoms with Gasteiger partial charge >= 0.3 is 0 Å². The van der Waals surface area contributed by atoms with Gasteiger partial charge in [-0.3, -0.25) is 0 Å². The number of benzene rings is 4. The van der Waals surface area contributed by atoms with Gasteiger partial charge in [-0.1, -0.05) is 116 Å². The fraction of sp³-hybridized carbons (Fsp3) is 0.581. The van der Waals surface area contributed by atoms with E-state index in [1.54, 1.807) is 0 Å². The molecule has 4 aliphatic heterocycles. The average Bonchev–Trinajstić information content (AvgIpc) is 3.39. The summed E-state index contributed by atoms with van der Waals surface area (Å²) in [5.74, 6) is 2.71. The molecule has 5 N–H and O–H groups in total. The summed E-state index contributed by atoms with van der Waals surface area (Å²) in [4.78, 5) is 9.27. The van der Waals surface area contributed by atoms with Crippen LogP contribution in [-0.4, -0.2) is 136 Å². The first-order chi connectivity index (χ1) is 35.9. The lowest BCUT2D eigenvalue weighted by molar-refractivity contribution is 0.122. The van der Waals surface area contributed by atoms with Crippen LogP contribution in [-0.2, 0) is 40.8 Å². The molecule has 13 heteroatoms. The third kappa shape index (κ3) is 18.7. The van der Waals surface area contributed by atoms with Crippen LogP contribution < -0.4 is 36.0 Å². The van der Waals surface area contributed by atoms with Gasteiger partial charge < -0.3 is 50.7 Å². The van der Waals surface area contributed by atoms with Crippen LogP contribution in [0.2, 0.25) is 0 Å². The van der Waals surface area contributed by atoms with Gasteiger partial charge in [-0.25, -0.2) is 8.42 Å². The highest BCUT2D eigenvalue weighted by atomic mass is 32.2. The van der Waals surface area contributed by atoms with Gasteiger partial charge in [-0.2, -0.15) is 0 Å². The first kappa shape index (κ1) is 61.5. The summed E-state index contributed by atoms with van der Waals surface area (Å²) in [5.41, 5.74) is 17.3. The molecule has 75 heavy (non-hydrogen) atoms. The molecule has 4 aromatic carbocycles. The zero-order valence-electron chi connectivity index (χ0n) is 48.5. The molecule has 8 rings (SSSR count). The van der Waals surface area contributed by atoms with Crippen molar-refractivity contribution in [2.24, 2.45) is 0 Å². The van der Waals surface area contributed by atoms with Crippen molar-refractivity contribution in [3.63, 3.8) is 0 Å². The minimum Gasteiger partial charge on any atom is -0.392 e. The van der Waals surface area contributed by atoms with Gasteiger partial charge in [0.15, 0.2) is 9.84 Å². The van der Waals surface area contributed by atoms with Crippen molar-refractivity contribution >= 4 is 32.5 Å². The number of hydrogen-bond acceptors (Lipinski definition) is 12. The van der Waals surface area contributed by atoms with E-state index in [1.807, 2.05) is 14.1 Å². The van der Waals surface area contributed by atoms with Gasteiger partial charge in [0, 0.05) is 101 Å². The monoisotopic (exact) mass is 1050 g/mol. The Morgan fingerprint density at radius 2 is 1.12 bits per heavy atom. The molecule has 1 atom stereocenters. The number of aliphatic hydroxyl groups is 1. The van der Waals surface area contributed by atoms with Crippen LogP contribution in [0.4, 0.5) is 17.1 Å². The molecule has 4 aromatic rings. The number of hydrogen-bond donors (Lipinski definition) is 5. The number of ether oxygens (including phenoxy) is 1. The topological polar surface area (TPSA) is 125 Å². The number of rotatable bonds is 15. The van der Waals surface area contributed by atoms with E-state index in [0.717, 1.165) is 90.6 Å². The number of aliphatic hydroxyl groups excluding tert-OH is 1. The Kier molecular flexibility index (Phi) is 25.1. The molecule has 0 unspecified atom stereocenters. The minimum absolute atomic E-state index is 0.118. The van der Waals surface area contributed by atoms with Crippen molar-refractivity contribution in [2.45, 2.75) is 125 Å². The molecular weight excluding hydrogens is 953 g/mol. The molecule has 0 saturated carbocycles. The Labute approximate surface area is 455 Å². The standard InChI is InChI=1S/C17H26N2.C15H24N2O2S.2C15H24N2O/c1-13(2)15-5-6-17(14-7-9-18-10-8-14)16(11-15)12-19(3)4;1-12(2)13-4-5-15(14(10-13)11-16-3)17-6-8-20(18,19)9-7-17;1-12(2)13-4-5-15(14(10-13)11-16-3)17-6-8-18-9-7-17;1-11(2)13-4-5-15(14(8-13)10-18)17-7-6-16-9-12(17)3/h5-7,11,13,18H,8-10,12H2,1-4H3;4-5,10,12,16H,6-9,11H2,1-3H3;4-5,10,12,16H,6-9,11H2,1-3H3;4-5,8,11-12,16,18H,6-7,9-10H2,1-3H3/t;;;12-/m...0/s1. The van der Waals surface area contributed by atoms with Crippen LogP contribution in [0.15, 0.2) is 78.9 Å². The molecule has 3 saturated heterocycles. The zero-order valence-corrected chi connectivity index (χ0v) is 49.3. The van der Waals surface area contributed by atoms with Crippen molar-refractivity contribution in [3.05, 3.63) is 129 Å². The summed E-state index contributed by atoms with van der Waals surface area (Å²) in [6, 6.07) is 27.4. The Morgan fingerprint density at radius 1 is 0.640 bits per heavy atom. The molecule has 0 bridgehead atoms. The SMILES string of the molecule is CC(C)c1ccc(C2=CCNCC2)c(CN(C)C)c1.CC(C)c1ccc(N2CCNC[C@@H]2C)c(CO)c1.CNCc1cc(C(C)C)ccc1N1CCOCC1.CNCc1cc(C(C)C)ccc1N1CCS(=O)(=O)CC1. The van der Waals surface area contributed by atoms with Crippen molar-refractivity contribution in [2.75, 3.05) is 127 Å². The number of piperazine rings is 1. The van der Waals surface area contributed by atoms with Crippen LogP contribution >= 0.6 is 0 Å². The van der Waals surface area contributed by atoms with Crippen LogP contribution in [0.1, 0.15) is 142 Å². The zero-order chi connectivity index (χ0) is 54.7. The molecule has 0 aliphatic carbocycles. The van der Waals surface area contributed by atoms with Crippen molar-refractivity contribution in [1.82, 2.24) is 26.2 Å². The smallest absolute Gasteiger partial charge is 0.153 e. The van der Waals surface area contributed by atoms with E-state index in [1.165, 1.54) is 67.1 Å². The quantitative estimate of drug-likeness (QED) is 0.0780. The summed E-state index contributed by atoms with van der Waals surface area (Å²) in [7, 11) is 5.40. The maximum Gasteiger partial charge on any atom is 0.153 e. The molecule has 4 heterocycles. The summed E-state index contributed by atoms with van der Waals surface area (Å²) in [6.07, 6.45) is 3.48. The van der Waals surface area contributed by atoms with Gasteiger partial charge in [0.2, 0.25) is 0 Å². The first-order valence-electron chi connectivity index (χ1n) is 28.1. The summed E-state index contributed by atoms with van der Waals surface area (Å²) >= 11 is 0. The molecule has 0 aromatic heterocycles. The predicted molar refractivity (Wildman–Crippen MR) is 320 cm³/mol. The fourth-order valence-electron chi connectivity index (χ4n) is 10.2. The Bertz CT molecular complexity index is 2490. The molecule has 416 valence electrons. The Balaban J connectivity index is 0.000000185. The van der Waals surface area contributed by atoms with E-state index in [4.69, 9.17) is 4.74 Å². The van der Waals surface area contributed by atoms with Gasteiger partial charge in [-0.05, 0) is 140 Å². The maximum atomic E-state index is 11.5. The highest BCUT2D eigenvalue weighted by Gasteiger charge is 2.24. The first-order valence-corrected chi connectivity index (χ1v) is 29.9. The van der Waals surface area contributed by atoms with E-state index >= 15 is 0 Å². The second kappa shape index (κ2) is 30.6. The molecule has 0 spiro atoms. The highest BCUT2D eigenvalue weighted by Crippen LogP contribution is 2.31. The van der Waals surface area contributed by atoms with Crippen LogP contribution in [0.25, 0.3) is 5.57 Å². The second-order valence-electron chi connectivity index (χ2n) is 22.3. The number of anilines is 3. The summed E-state index contributed by atoms with van der Waals surface area (Å²) in [5, 5.41) is 22.9. The molecule has 4 aliphatic rings. The maximum absolute atomic E-state index is 11.5. The van der Waals surface area contributed by atoms with Gasteiger partial charge in [0.25, 0.3) is 0 Å². The van der Waals surface area contributed by atoms with Crippen molar-refractivity contribution in [3.8, 4) is 0 Å². The predicted octanol–water partition coefficient (Wildman–Crippen LogP) is 9.48.